The van der Waals surface area contributed by atoms with Gasteiger partial charge in [0.05, 0.1) is 26.2 Å². The van der Waals surface area contributed by atoms with Gasteiger partial charge in [0, 0.05) is 23.6 Å². The zero-order valence-corrected chi connectivity index (χ0v) is 9.18. The maximum atomic E-state index is 10.9. The molecule has 0 fully saturated rings. The maximum Gasteiger partial charge on any atom is 0.284 e. The van der Waals surface area contributed by atoms with E-state index in [0.29, 0.717) is 0 Å². The lowest BCUT2D eigenvalue weighted by Crippen LogP contribution is -1.95. The summed E-state index contributed by atoms with van der Waals surface area (Å²) < 4.78 is 0. The summed E-state index contributed by atoms with van der Waals surface area (Å²) in [5, 5.41) is 32.4. The minimum absolute atomic E-state index is 0.0788. The molecular formula is C10H5N3O6. The SMILES string of the molecule is O=[N+]([O-])c1ccc2c([N+](=O)[O-])cc([N+](=O)[O-])cc2c1. The number of nitro groups is 3. The molecule has 0 unspecified atom stereocenters. The number of hydrogen-bond acceptors (Lipinski definition) is 6. The summed E-state index contributed by atoms with van der Waals surface area (Å²) in [5.41, 5.74) is -1.24. The highest BCUT2D eigenvalue weighted by Gasteiger charge is 2.20. The summed E-state index contributed by atoms with van der Waals surface area (Å²) in [4.78, 5) is 29.9. The summed E-state index contributed by atoms with van der Waals surface area (Å²) in [7, 11) is 0. The average Bonchev–Trinajstić information content (AvgIpc) is 2.36. The van der Waals surface area contributed by atoms with Gasteiger partial charge in [-0.15, -0.1) is 0 Å². The lowest BCUT2D eigenvalue weighted by atomic mass is 10.1. The third-order valence-corrected chi connectivity index (χ3v) is 2.52. The van der Waals surface area contributed by atoms with E-state index in [0.717, 1.165) is 24.3 Å². The van der Waals surface area contributed by atoms with E-state index in [1.807, 2.05) is 0 Å². The third-order valence-electron chi connectivity index (χ3n) is 2.52. The maximum absolute atomic E-state index is 10.9. The first kappa shape index (κ1) is 12.4. The van der Waals surface area contributed by atoms with Crippen molar-refractivity contribution in [3.63, 3.8) is 0 Å². The molecule has 19 heavy (non-hydrogen) atoms. The Balaban J connectivity index is 2.83. The van der Waals surface area contributed by atoms with Crippen molar-refractivity contribution in [1.29, 1.82) is 0 Å². The standard InChI is InChI=1S/C10H5N3O6/c14-11(15)7-1-2-9-6(3-7)4-8(12(16)17)5-10(9)13(18)19/h1-5H. The number of hydrogen-bond donors (Lipinski definition) is 0. The van der Waals surface area contributed by atoms with Gasteiger partial charge in [0.25, 0.3) is 17.1 Å². The Morgan fingerprint density at radius 3 is 1.84 bits per heavy atom. The van der Waals surface area contributed by atoms with Crippen LogP contribution in [0.25, 0.3) is 10.8 Å². The topological polar surface area (TPSA) is 129 Å². The third kappa shape index (κ3) is 2.16. The predicted molar refractivity (Wildman–Crippen MR) is 63.9 cm³/mol. The molecule has 2 aromatic carbocycles. The van der Waals surface area contributed by atoms with Gasteiger partial charge in [-0.3, -0.25) is 30.3 Å². The van der Waals surface area contributed by atoms with Crippen LogP contribution in [-0.2, 0) is 0 Å². The first-order chi connectivity index (χ1) is 8.90. The Kier molecular flexibility index (Phi) is 2.79. The van der Waals surface area contributed by atoms with Crippen molar-refractivity contribution in [2.24, 2.45) is 0 Å². The van der Waals surface area contributed by atoms with Crippen molar-refractivity contribution in [2.75, 3.05) is 0 Å². The van der Waals surface area contributed by atoms with Crippen LogP contribution in [0.15, 0.2) is 30.3 Å². The molecule has 0 aromatic heterocycles. The molecule has 96 valence electrons. The highest BCUT2D eigenvalue weighted by atomic mass is 16.6. The van der Waals surface area contributed by atoms with E-state index in [9.17, 15) is 30.3 Å². The molecule has 9 nitrogen and oxygen atoms in total. The highest BCUT2D eigenvalue weighted by molar-refractivity contribution is 5.94. The van der Waals surface area contributed by atoms with Gasteiger partial charge in [0.1, 0.15) is 0 Å². The molecule has 9 heteroatoms. The molecule has 0 aliphatic carbocycles. The van der Waals surface area contributed by atoms with Crippen LogP contribution in [0.3, 0.4) is 0 Å². The Morgan fingerprint density at radius 1 is 0.737 bits per heavy atom. The van der Waals surface area contributed by atoms with Crippen molar-refractivity contribution in [3.8, 4) is 0 Å². The van der Waals surface area contributed by atoms with Crippen molar-refractivity contribution in [2.45, 2.75) is 0 Å². The Morgan fingerprint density at radius 2 is 1.32 bits per heavy atom. The number of nitro benzene ring substituents is 3. The normalized spacial score (nSPS) is 10.3. The van der Waals surface area contributed by atoms with E-state index in [1.54, 1.807) is 0 Å². The second-order valence-electron chi connectivity index (χ2n) is 3.64. The Bertz CT molecular complexity index is 721. The number of benzene rings is 2. The fourth-order valence-electron chi connectivity index (χ4n) is 1.69. The molecule has 0 atom stereocenters. The summed E-state index contributed by atoms with van der Waals surface area (Å²) in [6, 6.07) is 5.27. The highest BCUT2D eigenvalue weighted by Crippen LogP contribution is 2.32. The second-order valence-corrected chi connectivity index (χ2v) is 3.64. The molecule has 2 aromatic rings. The minimum Gasteiger partial charge on any atom is -0.258 e. The van der Waals surface area contributed by atoms with Crippen LogP contribution >= 0.6 is 0 Å². The van der Waals surface area contributed by atoms with Crippen LogP contribution in [0, 0.1) is 30.3 Å². The zero-order valence-electron chi connectivity index (χ0n) is 9.18. The lowest BCUT2D eigenvalue weighted by molar-refractivity contribution is -0.393. The first-order valence-electron chi connectivity index (χ1n) is 4.91. The molecule has 0 spiro atoms. The van der Waals surface area contributed by atoms with Crippen molar-refractivity contribution in [1.82, 2.24) is 0 Å². The van der Waals surface area contributed by atoms with Gasteiger partial charge in [0.2, 0.25) is 0 Å². The van der Waals surface area contributed by atoms with Crippen molar-refractivity contribution >= 4 is 27.8 Å². The fourth-order valence-corrected chi connectivity index (χ4v) is 1.69. The molecule has 2 rings (SSSR count). The minimum atomic E-state index is -0.786. The van der Waals surface area contributed by atoms with Gasteiger partial charge in [0.15, 0.2) is 0 Å². The zero-order chi connectivity index (χ0) is 14.2. The second kappa shape index (κ2) is 4.29. The molecule has 0 radical (unpaired) electrons. The number of rotatable bonds is 3. The van der Waals surface area contributed by atoms with E-state index < -0.39 is 26.1 Å². The van der Waals surface area contributed by atoms with E-state index in [1.165, 1.54) is 6.07 Å². The summed E-state index contributed by atoms with van der Waals surface area (Å²) in [6.07, 6.45) is 0. The largest absolute Gasteiger partial charge is 0.284 e. The molecule has 0 aliphatic heterocycles. The molecule has 0 bridgehead atoms. The average molecular weight is 263 g/mol. The van der Waals surface area contributed by atoms with Crippen LogP contribution in [0.5, 0.6) is 0 Å². The summed E-state index contributed by atoms with van der Waals surface area (Å²) in [5.74, 6) is 0. The number of nitrogens with zero attached hydrogens (tertiary/aromatic N) is 3. The van der Waals surface area contributed by atoms with Gasteiger partial charge in [-0.2, -0.15) is 0 Å². The van der Waals surface area contributed by atoms with Gasteiger partial charge >= 0.3 is 0 Å². The molecule has 0 aliphatic rings. The smallest absolute Gasteiger partial charge is 0.258 e. The van der Waals surface area contributed by atoms with E-state index in [-0.39, 0.29) is 16.5 Å². The van der Waals surface area contributed by atoms with Crippen LogP contribution in [-0.4, -0.2) is 14.8 Å². The lowest BCUT2D eigenvalue weighted by Gasteiger charge is -2.00. The van der Waals surface area contributed by atoms with Gasteiger partial charge < -0.3 is 0 Å². The monoisotopic (exact) mass is 263 g/mol. The van der Waals surface area contributed by atoms with Crippen LogP contribution in [0.2, 0.25) is 0 Å². The predicted octanol–water partition coefficient (Wildman–Crippen LogP) is 2.56. The van der Waals surface area contributed by atoms with Crippen LogP contribution in [0.4, 0.5) is 17.1 Å². The fraction of sp³-hybridized carbons (Fsp3) is 0. The van der Waals surface area contributed by atoms with E-state index in [4.69, 9.17) is 0 Å². The van der Waals surface area contributed by atoms with E-state index in [2.05, 4.69) is 0 Å². The van der Waals surface area contributed by atoms with Crippen molar-refractivity contribution in [3.05, 3.63) is 60.7 Å². The van der Waals surface area contributed by atoms with Crippen LogP contribution in [0.1, 0.15) is 0 Å². The molecule has 0 saturated heterocycles. The molecule has 0 saturated carbocycles. The molecule has 0 heterocycles. The quantitative estimate of drug-likeness (QED) is 0.617. The Hall–Kier alpha value is -3.10. The molecule has 0 amide bonds. The molecule has 0 N–H and O–H groups in total. The van der Waals surface area contributed by atoms with Crippen LogP contribution < -0.4 is 0 Å². The Labute approximate surface area is 104 Å². The summed E-state index contributed by atoms with van der Waals surface area (Å²) in [6.45, 7) is 0. The molecular weight excluding hydrogens is 258 g/mol. The van der Waals surface area contributed by atoms with Crippen molar-refractivity contribution < 1.29 is 14.8 Å². The summed E-state index contributed by atoms with van der Waals surface area (Å²) >= 11 is 0. The number of non-ortho nitro benzene ring substituents is 3. The van der Waals surface area contributed by atoms with Gasteiger partial charge in [-0.05, 0) is 6.07 Å². The van der Waals surface area contributed by atoms with E-state index >= 15 is 0 Å². The number of fused-ring (bicyclic) bond motifs is 1. The first-order valence-corrected chi connectivity index (χ1v) is 4.91. The van der Waals surface area contributed by atoms with Gasteiger partial charge in [-0.1, -0.05) is 0 Å². The van der Waals surface area contributed by atoms with Gasteiger partial charge in [-0.25, -0.2) is 0 Å².